The fraction of sp³-hybridized carbons (Fsp3) is 0.692. The highest BCUT2D eigenvalue weighted by atomic mass is 35.5. The molecule has 0 radical (unpaired) electrons. The van der Waals surface area contributed by atoms with Crippen LogP contribution in [0.5, 0.6) is 0 Å². The standard InChI is InChI=1S/C13H19ClN4O2S/c1-18-10-3-2-4-11(18)6-9(5-10)17-21(19,20)12-7-15-13(14)16-8-12/h7-11,17H,2-6H2,1H3. The average Bonchev–Trinajstić information content (AvgIpc) is 2.40. The summed E-state index contributed by atoms with van der Waals surface area (Å²) in [5.41, 5.74) is 0. The summed E-state index contributed by atoms with van der Waals surface area (Å²) in [5.74, 6) is 0. The van der Waals surface area contributed by atoms with Crippen LogP contribution in [0.4, 0.5) is 0 Å². The van der Waals surface area contributed by atoms with Crippen LogP contribution in [0.1, 0.15) is 32.1 Å². The van der Waals surface area contributed by atoms with Crippen LogP contribution in [0.2, 0.25) is 5.28 Å². The maximum atomic E-state index is 12.4. The summed E-state index contributed by atoms with van der Waals surface area (Å²) in [7, 11) is -1.43. The van der Waals surface area contributed by atoms with E-state index >= 15 is 0 Å². The molecule has 2 unspecified atom stereocenters. The summed E-state index contributed by atoms with van der Waals surface area (Å²) in [4.78, 5) is 9.94. The van der Waals surface area contributed by atoms with Crippen LogP contribution < -0.4 is 4.72 Å². The van der Waals surface area contributed by atoms with Crippen molar-refractivity contribution in [2.45, 2.75) is 55.1 Å². The topological polar surface area (TPSA) is 75.2 Å². The van der Waals surface area contributed by atoms with E-state index in [2.05, 4.69) is 26.6 Å². The monoisotopic (exact) mass is 330 g/mol. The number of aromatic nitrogens is 2. The normalized spacial score (nSPS) is 30.3. The summed E-state index contributed by atoms with van der Waals surface area (Å²) < 4.78 is 27.5. The highest BCUT2D eigenvalue weighted by Gasteiger charge is 2.37. The van der Waals surface area contributed by atoms with Crippen LogP contribution in [0.15, 0.2) is 17.3 Å². The Morgan fingerprint density at radius 3 is 2.38 bits per heavy atom. The summed E-state index contributed by atoms with van der Waals surface area (Å²) in [6.45, 7) is 0. The lowest BCUT2D eigenvalue weighted by Crippen LogP contribution is -2.55. The van der Waals surface area contributed by atoms with E-state index in [0.29, 0.717) is 12.1 Å². The molecule has 0 aliphatic carbocycles. The first-order valence-electron chi connectivity index (χ1n) is 7.17. The third kappa shape index (κ3) is 3.21. The molecule has 0 aromatic carbocycles. The molecule has 0 spiro atoms. The van der Waals surface area contributed by atoms with E-state index in [1.165, 1.54) is 18.8 Å². The Kier molecular flexibility index (Phi) is 4.18. The van der Waals surface area contributed by atoms with E-state index in [9.17, 15) is 8.42 Å². The number of halogens is 1. The zero-order valence-electron chi connectivity index (χ0n) is 11.9. The highest BCUT2D eigenvalue weighted by molar-refractivity contribution is 7.89. The van der Waals surface area contributed by atoms with Crippen LogP contribution >= 0.6 is 11.6 Å². The molecule has 6 nitrogen and oxygen atoms in total. The van der Waals surface area contributed by atoms with Gasteiger partial charge >= 0.3 is 0 Å². The van der Waals surface area contributed by atoms with Crippen molar-refractivity contribution in [1.82, 2.24) is 19.6 Å². The largest absolute Gasteiger partial charge is 0.300 e. The van der Waals surface area contributed by atoms with Crippen LogP contribution in [-0.4, -0.2) is 48.5 Å². The van der Waals surface area contributed by atoms with Gasteiger partial charge < -0.3 is 4.90 Å². The molecule has 1 N–H and O–H groups in total. The highest BCUT2D eigenvalue weighted by Crippen LogP contribution is 2.33. The van der Waals surface area contributed by atoms with E-state index < -0.39 is 10.0 Å². The van der Waals surface area contributed by atoms with Gasteiger partial charge in [0.25, 0.3) is 0 Å². The Morgan fingerprint density at radius 2 is 1.81 bits per heavy atom. The lowest BCUT2D eigenvalue weighted by Gasteiger charge is -2.47. The second kappa shape index (κ2) is 5.79. The molecule has 1 aromatic heterocycles. The Hall–Kier alpha value is -0.760. The number of nitrogens with one attached hydrogen (secondary N) is 1. The third-order valence-electron chi connectivity index (χ3n) is 4.57. The number of nitrogens with zero attached hydrogens (tertiary/aromatic N) is 3. The second-order valence-corrected chi connectivity index (χ2v) is 7.93. The SMILES string of the molecule is CN1C2CCCC1CC(NS(=O)(=O)c1cnc(Cl)nc1)C2. The van der Waals surface area contributed by atoms with Gasteiger partial charge in [0.05, 0.1) is 12.4 Å². The first-order valence-corrected chi connectivity index (χ1v) is 9.03. The Bertz CT molecular complexity index is 593. The predicted octanol–water partition coefficient (Wildman–Crippen LogP) is 1.42. The first-order chi connectivity index (χ1) is 9.95. The van der Waals surface area contributed by atoms with Gasteiger partial charge in [0.15, 0.2) is 0 Å². The molecular weight excluding hydrogens is 312 g/mol. The van der Waals surface area contributed by atoms with Crippen molar-refractivity contribution < 1.29 is 8.42 Å². The molecule has 2 atom stereocenters. The minimum absolute atomic E-state index is 0.0165. The zero-order valence-corrected chi connectivity index (χ0v) is 13.4. The van der Waals surface area contributed by atoms with Gasteiger partial charge in [-0.3, -0.25) is 0 Å². The van der Waals surface area contributed by atoms with Gasteiger partial charge in [0.2, 0.25) is 15.3 Å². The first kappa shape index (κ1) is 15.1. The molecule has 3 heterocycles. The molecule has 0 saturated carbocycles. The number of fused-ring (bicyclic) bond motifs is 2. The summed E-state index contributed by atoms with van der Waals surface area (Å²) >= 11 is 5.59. The van der Waals surface area contributed by atoms with Crippen molar-refractivity contribution in [3.8, 4) is 0 Å². The summed E-state index contributed by atoms with van der Waals surface area (Å²) in [6.07, 6.45) is 7.75. The van der Waals surface area contributed by atoms with Gasteiger partial charge in [-0.1, -0.05) is 6.42 Å². The molecule has 2 fully saturated rings. The fourth-order valence-corrected chi connectivity index (χ4v) is 4.69. The number of hydrogen-bond donors (Lipinski definition) is 1. The van der Waals surface area contributed by atoms with Gasteiger partial charge in [0.1, 0.15) is 4.90 Å². The van der Waals surface area contributed by atoms with Crippen LogP contribution in [0.3, 0.4) is 0 Å². The van der Waals surface area contributed by atoms with E-state index in [4.69, 9.17) is 11.6 Å². The molecule has 1 aromatic rings. The molecule has 0 amide bonds. The van der Waals surface area contributed by atoms with Gasteiger partial charge in [0, 0.05) is 18.1 Å². The van der Waals surface area contributed by atoms with Gasteiger partial charge in [-0.05, 0) is 44.3 Å². The van der Waals surface area contributed by atoms with Crippen molar-refractivity contribution in [2.24, 2.45) is 0 Å². The van der Waals surface area contributed by atoms with Crippen molar-refractivity contribution >= 4 is 21.6 Å². The van der Waals surface area contributed by atoms with Crippen molar-refractivity contribution in [3.05, 3.63) is 17.7 Å². The third-order valence-corrected chi connectivity index (χ3v) is 6.24. The van der Waals surface area contributed by atoms with Crippen LogP contribution in [0.25, 0.3) is 0 Å². The smallest absolute Gasteiger partial charge is 0.243 e. The van der Waals surface area contributed by atoms with Gasteiger partial charge in [-0.2, -0.15) is 0 Å². The quantitative estimate of drug-likeness (QED) is 0.848. The molecule has 2 aliphatic heterocycles. The molecule has 21 heavy (non-hydrogen) atoms. The number of hydrogen-bond acceptors (Lipinski definition) is 5. The van der Waals surface area contributed by atoms with Crippen molar-refractivity contribution in [2.75, 3.05) is 7.05 Å². The van der Waals surface area contributed by atoms with Crippen LogP contribution in [0, 0.1) is 0 Å². The molecule has 8 heteroatoms. The van der Waals surface area contributed by atoms with Crippen molar-refractivity contribution in [3.63, 3.8) is 0 Å². The Labute approximate surface area is 130 Å². The molecule has 2 bridgehead atoms. The van der Waals surface area contributed by atoms with Crippen molar-refractivity contribution in [1.29, 1.82) is 0 Å². The van der Waals surface area contributed by atoms with E-state index in [1.807, 2.05) is 0 Å². The van der Waals surface area contributed by atoms with Crippen LogP contribution in [-0.2, 0) is 10.0 Å². The molecular formula is C13H19ClN4O2S. The maximum Gasteiger partial charge on any atom is 0.243 e. The molecule has 2 aliphatic rings. The fourth-order valence-electron chi connectivity index (χ4n) is 3.44. The minimum atomic E-state index is -3.58. The lowest BCUT2D eigenvalue weighted by molar-refractivity contribution is 0.0536. The summed E-state index contributed by atoms with van der Waals surface area (Å²) in [5, 5.41) is 0.0442. The predicted molar refractivity (Wildman–Crippen MR) is 79.6 cm³/mol. The Morgan fingerprint density at radius 1 is 1.24 bits per heavy atom. The zero-order chi connectivity index (χ0) is 15.0. The number of rotatable bonds is 3. The number of sulfonamides is 1. The number of piperidine rings is 2. The minimum Gasteiger partial charge on any atom is -0.300 e. The Balaban J connectivity index is 1.73. The van der Waals surface area contributed by atoms with E-state index in [-0.39, 0.29) is 16.2 Å². The molecule has 2 saturated heterocycles. The van der Waals surface area contributed by atoms with Gasteiger partial charge in [-0.25, -0.2) is 23.1 Å². The molecule has 3 rings (SSSR count). The molecule has 116 valence electrons. The van der Waals surface area contributed by atoms with Gasteiger partial charge in [-0.15, -0.1) is 0 Å². The second-order valence-electron chi connectivity index (χ2n) is 5.88. The maximum absolute atomic E-state index is 12.4. The summed E-state index contributed by atoms with van der Waals surface area (Å²) in [6, 6.07) is 0.940. The van der Waals surface area contributed by atoms with E-state index in [0.717, 1.165) is 25.7 Å². The average molecular weight is 331 g/mol. The lowest BCUT2D eigenvalue weighted by atomic mass is 9.83. The van der Waals surface area contributed by atoms with E-state index in [1.54, 1.807) is 0 Å².